The van der Waals surface area contributed by atoms with E-state index in [1.165, 1.54) is 5.56 Å². The summed E-state index contributed by atoms with van der Waals surface area (Å²) in [4.78, 5) is 11.0. The first-order chi connectivity index (χ1) is 15.6. The minimum atomic E-state index is -6.05. The van der Waals surface area contributed by atoms with Gasteiger partial charge >= 0.3 is 11.2 Å². The summed E-state index contributed by atoms with van der Waals surface area (Å²) in [6.45, 7) is 4.80. The minimum absolute atomic E-state index is 0.325. The molecule has 0 N–H and O–H groups in total. The predicted molar refractivity (Wildman–Crippen MR) is 122 cm³/mol. The van der Waals surface area contributed by atoms with E-state index < -0.39 is 21.3 Å². The van der Waals surface area contributed by atoms with Crippen molar-refractivity contribution in [1.82, 2.24) is 0 Å². The molecular weight excluding hydrogens is 454 g/mol. The van der Waals surface area contributed by atoms with Crippen molar-refractivity contribution >= 4 is 16.1 Å². The molecule has 1 aromatic carbocycles. The summed E-state index contributed by atoms with van der Waals surface area (Å²) in [5.74, 6) is -0.818. The van der Waals surface area contributed by atoms with Crippen LogP contribution in [0.25, 0.3) is 0 Å². The number of unbranched alkanes of at least 4 members (excludes halogenated alkanes) is 9. The summed E-state index contributed by atoms with van der Waals surface area (Å²) in [5, 5.41) is -5.03. The summed E-state index contributed by atoms with van der Waals surface area (Å²) < 4.78 is 66.8. The topological polar surface area (TPSA) is 92.7 Å². The van der Waals surface area contributed by atoms with Crippen LogP contribution in [0.15, 0.2) is 24.3 Å². The number of halogens is 2. The molecule has 190 valence electrons. The Kier molecular flexibility index (Phi) is 13.5. The molecular formula is C24H37F2O6S-. The first kappa shape index (κ1) is 29.3. The molecule has 0 aliphatic heterocycles. The highest BCUT2D eigenvalue weighted by Gasteiger charge is 2.48. The highest BCUT2D eigenvalue weighted by atomic mass is 32.2. The van der Waals surface area contributed by atoms with Crippen LogP contribution in [0.3, 0.4) is 0 Å². The Labute approximate surface area is 196 Å². The third kappa shape index (κ3) is 11.3. The quantitative estimate of drug-likeness (QED) is 0.139. The molecule has 0 saturated heterocycles. The molecule has 0 heterocycles. The van der Waals surface area contributed by atoms with Crippen molar-refractivity contribution in [2.75, 3.05) is 13.2 Å². The minimum Gasteiger partial charge on any atom is -0.743 e. The van der Waals surface area contributed by atoms with E-state index in [9.17, 15) is 26.5 Å². The molecule has 1 atom stereocenters. The molecule has 0 aliphatic rings. The van der Waals surface area contributed by atoms with Crippen LogP contribution in [0.5, 0.6) is 5.75 Å². The zero-order valence-electron chi connectivity index (χ0n) is 19.7. The summed E-state index contributed by atoms with van der Waals surface area (Å²) in [5.41, 5.74) is 1.34. The number of benzene rings is 1. The zero-order chi connectivity index (χ0) is 24.7. The van der Waals surface area contributed by atoms with E-state index in [4.69, 9.17) is 4.74 Å². The van der Waals surface area contributed by atoms with Crippen LogP contribution in [-0.2, 0) is 19.6 Å². The van der Waals surface area contributed by atoms with Crippen molar-refractivity contribution in [2.24, 2.45) is 0 Å². The molecule has 1 rings (SSSR count). The van der Waals surface area contributed by atoms with Gasteiger partial charge in [0.1, 0.15) is 5.75 Å². The molecule has 9 heteroatoms. The number of hydrogen-bond donors (Lipinski definition) is 0. The molecule has 0 amide bonds. The van der Waals surface area contributed by atoms with Crippen LogP contribution < -0.4 is 4.74 Å². The van der Waals surface area contributed by atoms with Gasteiger partial charge in [0, 0.05) is 0 Å². The fraction of sp³-hybridized carbons (Fsp3) is 0.708. The molecule has 0 saturated carbocycles. The Morgan fingerprint density at radius 1 is 0.909 bits per heavy atom. The van der Waals surface area contributed by atoms with Crippen molar-refractivity contribution < 1.29 is 36.0 Å². The monoisotopic (exact) mass is 491 g/mol. The number of ether oxygens (including phenoxy) is 2. The van der Waals surface area contributed by atoms with Gasteiger partial charge in [-0.15, -0.1) is 0 Å². The van der Waals surface area contributed by atoms with Gasteiger partial charge in [0.05, 0.1) is 13.2 Å². The van der Waals surface area contributed by atoms with Crippen molar-refractivity contribution in [2.45, 2.75) is 95.6 Å². The Morgan fingerprint density at radius 2 is 1.36 bits per heavy atom. The smallest absolute Gasteiger partial charge is 0.428 e. The van der Waals surface area contributed by atoms with E-state index in [1.807, 2.05) is 12.1 Å². The maximum absolute atomic E-state index is 12.9. The Morgan fingerprint density at radius 3 is 1.82 bits per heavy atom. The normalized spacial score (nSPS) is 13.0. The molecule has 1 aromatic rings. The van der Waals surface area contributed by atoms with Crippen molar-refractivity contribution in [3.63, 3.8) is 0 Å². The Balaban J connectivity index is 1.93. The van der Waals surface area contributed by atoms with Gasteiger partial charge < -0.3 is 14.0 Å². The molecule has 0 spiro atoms. The molecule has 0 aliphatic carbocycles. The van der Waals surface area contributed by atoms with E-state index in [1.54, 1.807) is 0 Å². The van der Waals surface area contributed by atoms with Gasteiger partial charge in [-0.1, -0.05) is 77.3 Å². The van der Waals surface area contributed by atoms with Gasteiger partial charge in [0.25, 0.3) is 0 Å². The van der Waals surface area contributed by atoms with E-state index in [2.05, 4.69) is 30.7 Å². The van der Waals surface area contributed by atoms with Crippen LogP contribution >= 0.6 is 0 Å². The highest BCUT2D eigenvalue weighted by Crippen LogP contribution is 2.23. The van der Waals surface area contributed by atoms with Gasteiger partial charge in [-0.2, -0.15) is 8.78 Å². The van der Waals surface area contributed by atoms with Gasteiger partial charge in [0.15, 0.2) is 10.1 Å². The number of carbonyl (C=O) groups excluding carboxylic acids is 1. The maximum atomic E-state index is 12.9. The van der Waals surface area contributed by atoms with Gasteiger partial charge in [0.2, 0.25) is 0 Å². The maximum Gasteiger partial charge on any atom is 0.428 e. The first-order valence-corrected chi connectivity index (χ1v) is 13.2. The summed E-state index contributed by atoms with van der Waals surface area (Å²) in [7, 11) is -6.05. The molecule has 1 unspecified atom stereocenters. The number of rotatable bonds is 18. The standard InChI is InChI=1S/C24H38F2O6S/c1-3-20(2)21-14-16-22(17-15-21)31-18-12-10-8-6-4-5-7-9-11-13-19-32-23(27)24(25,26)33(28,29)30/h14-17,20H,3-13,18-19H2,1-2H3,(H,28,29,30)/p-1. The molecule has 0 radical (unpaired) electrons. The molecule has 6 nitrogen and oxygen atoms in total. The van der Waals surface area contributed by atoms with Crippen LogP contribution in [0, 0.1) is 0 Å². The molecule has 0 aromatic heterocycles. The molecule has 33 heavy (non-hydrogen) atoms. The zero-order valence-corrected chi connectivity index (χ0v) is 20.5. The lowest BCUT2D eigenvalue weighted by Crippen LogP contribution is -2.39. The van der Waals surface area contributed by atoms with Crippen LogP contribution in [0.4, 0.5) is 8.78 Å². The second-order valence-electron chi connectivity index (χ2n) is 8.37. The summed E-state index contributed by atoms with van der Waals surface area (Å²) in [6.07, 6.45) is 10.7. The van der Waals surface area contributed by atoms with E-state index in [0.717, 1.165) is 70.1 Å². The number of alkyl halides is 2. The Bertz CT molecular complexity index is 781. The van der Waals surface area contributed by atoms with E-state index in [-0.39, 0.29) is 6.61 Å². The fourth-order valence-corrected chi connectivity index (χ4v) is 3.55. The van der Waals surface area contributed by atoms with Gasteiger partial charge in [-0.25, -0.2) is 13.2 Å². The lowest BCUT2D eigenvalue weighted by Gasteiger charge is -2.17. The lowest BCUT2D eigenvalue weighted by atomic mass is 9.99. The van der Waals surface area contributed by atoms with Crippen molar-refractivity contribution in [1.29, 1.82) is 0 Å². The average molecular weight is 492 g/mol. The number of carbonyl (C=O) groups is 1. The second kappa shape index (κ2) is 15.2. The fourth-order valence-electron chi connectivity index (χ4n) is 3.29. The largest absolute Gasteiger partial charge is 0.743 e. The third-order valence-corrected chi connectivity index (χ3v) is 6.45. The predicted octanol–water partition coefficient (Wildman–Crippen LogP) is 6.16. The Hall–Kier alpha value is -1.74. The van der Waals surface area contributed by atoms with Gasteiger partial charge in [-0.3, -0.25) is 0 Å². The summed E-state index contributed by atoms with van der Waals surface area (Å²) in [6, 6.07) is 8.35. The van der Waals surface area contributed by atoms with Crippen LogP contribution in [0.2, 0.25) is 0 Å². The molecule has 0 bridgehead atoms. The highest BCUT2D eigenvalue weighted by molar-refractivity contribution is 7.87. The SMILES string of the molecule is CCC(C)c1ccc(OCCCCCCCCCCCCOC(=O)C(F)(F)S(=O)(=O)[O-])cc1. The van der Waals surface area contributed by atoms with Crippen LogP contribution in [0.1, 0.15) is 96.0 Å². The van der Waals surface area contributed by atoms with E-state index >= 15 is 0 Å². The summed E-state index contributed by atoms with van der Waals surface area (Å²) >= 11 is 0. The molecule has 0 fully saturated rings. The van der Waals surface area contributed by atoms with Crippen molar-refractivity contribution in [3.05, 3.63) is 29.8 Å². The lowest BCUT2D eigenvalue weighted by molar-refractivity contribution is -0.161. The second-order valence-corrected chi connectivity index (χ2v) is 9.79. The number of esters is 1. The van der Waals surface area contributed by atoms with E-state index in [0.29, 0.717) is 18.8 Å². The first-order valence-electron chi connectivity index (χ1n) is 11.8. The third-order valence-electron chi connectivity index (χ3n) is 5.65. The van der Waals surface area contributed by atoms with Crippen LogP contribution in [-0.4, -0.2) is 37.4 Å². The number of hydrogen-bond acceptors (Lipinski definition) is 6. The van der Waals surface area contributed by atoms with Crippen molar-refractivity contribution in [3.8, 4) is 5.75 Å². The average Bonchev–Trinajstić information content (AvgIpc) is 2.78. The van der Waals surface area contributed by atoms with Gasteiger partial charge in [-0.05, 0) is 42.9 Å².